The van der Waals surface area contributed by atoms with Gasteiger partial charge in [0.1, 0.15) is 11.5 Å². The molecule has 0 unspecified atom stereocenters. The number of ether oxygens (including phenoxy) is 2. The van der Waals surface area contributed by atoms with Crippen LogP contribution in [0.3, 0.4) is 0 Å². The number of halogens is 2. The van der Waals surface area contributed by atoms with Crippen molar-refractivity contribution in [3.05, 3.63) is 52.0 Å². The van der Waals surface area contributed by atoms with Crippen LogP contribution in [0.4, 0.5) is 5.69 Å². The normalized spacial score (nSPS) is 10.1. The van der Waals surface area contributed by atoms with Gasteiger partial charge in [-0.15, -0.1) is 0 Å². The summed E-state index contributed by atoms with van der Waals surface area (Å²) in [6.07, 6.45) is 0. The van der Waals surface area contributed by atoms with Gasteiger partial charge in [-0.2, -0.15) is 0 Å². The highest BCUT2D eigenvalue weighted by Gasteiger charge is 2.14. The molecular formula is C15H13Cl2NO3. The Hall–Kier alpha value is -1.91. The van der Waals surface area contributed by atoms with Crippen molar-refractivity contribution in [2.45, 2.75) is 0 Å². The van der Waals surface area contributed by atoms with E-state index in [1.807, 2.05) is 0 Å². The number of rotatable bonds is 4. The molecule has 0 aliphatic rings. The van der Waals surface area contributed by atoms with Gasteiger partial charge < -0.3 is 14.8 Å². The summed E-state index contributed by atoms with van der Waals surface area (Å²) in [6, 6.07) is 9.82. The Morgan fingerprint density at radius 2 is 1.76 bits per heavy atom. The van der Waals surface area contributed by atoms with Crippen LogP contribution in [-0.2, 0) is 0 Å². The third-order valence-electron chi connectivity index (χ3n) is 2.83. The van der Waals surface area contributed by atoms with Crippen molar-refractivity contribution in [2.24, 2.45) is 0 Å². The van der Waals surface area contributed by atoms with Crippen molar-refractivity contribution in [2.75, 3.05) is 19.5 Å². The Morgan fingerprint density at radius 1 is 1.00 bits per heavy atom. The van der Waals surface area contributed by atoms with Crippen LogP contribution in [0.15, 0.2) is 36.4 Å². The Kier molecular flexibility index (Phi) is 4.94. The van der Waals surface area contributed by atoms with E-state index in [9.17, 15) is 4.79 Å². The van der Waals surface area contributed by atoms with Gasteiger partial charge in [0.2, 0.25) is 0 Å². The average Bonchev–Trinajstić information content (AvgIpc) is 2.50. The molecule has 2 aromatic rings. The van der Waals surface area contributed by atoms with Gasteiger partial charge in [0.25, 0.3) is 5.91 Å². The molecule has 0 spiro atoms. The molecule has 0 bridgehead atoms. The molecule has 0 aromatic heterocycles. The van der Waals surface area contributed by atoms with Gasteiger partial charge >= 0.3 is 0 Å². The first-order chi connectivity index (χ1) is 10.0. The maximum absolute atomic E-state index is 12.3. The lowest BCUT2D eigenvalue weighted by molar-refractivity contribution is 0.102. The predicted molar refractivity (Wildman–Crippen MR) is 84.0 cm³/mol. The van der Waals surface area contributed by atoms with Crippen molar-refractivity contribution >= 4 is 34.8 Å². The zero-order valence-electron chi connectivity index (χ0n) is 11.4. The Bertz CT molecular complexity index is 674. The van der Waals surface area contributed by atoms with Crippen molar-refractivity contribution in [3.8, 4) is 11.5 Å². The fourth-order valence-corrected chi connectivity index (χ4v) is 2.06. The molecule has 2 aromatic carbocycles. The van der Waals surface area contributed by atoms with Crippen LogP contribution in [0.2, 0.25) is 10.0 Å². The second kappa shape index (κ2) is 6.70. The van der Waals surface area contributed by atoms with Crippen molar-refractivity contribution < 1.29 is 14.3 Å². The molecule has 0 aliphatic carbocycles. The number of methoxy groups -OCH3 is 2. The molecule has 0 aliphatic heterocycles. The van der Waals surface area contributed by atoms with E-state index in [2.05, 4.69) is 5.32 Å². The number of nitrogens with one attached hydrogen (secondary N) is 1. The third kappa shape index (κ3) is 3.60. The fourth-order valence-electron chi connectivity index (χ4n) is 1.76. The van der Waals surface area contributed by atoms with Crippen LogP contribution in [0.5, 0.6) is 11.5 Å². The summed E-state index contributed by atoms with van der Waals surface area (Å²) >= 11 is 11.8. The third-order valence-corrected chi connectivity index (χ3v) is 3.57. The minimum atomic E-state index is -0.312. The number of benzene rings is 2. The molecular weight excluding hydrogens is 313 g/mol. The zero-order chi connectivity index (χ0) is 15.4. The lowest BCUT2D eigenvalue weighted by atomic mass is 10.1. The van der Waals surface area contributed by atoms with Gasteiger partial charge in [0.05, 0.1) is 29.8 Å². The maximum atomic E-state index is 12.3. The summed E-state index contributed by atoms with van der Waals surface area (Å²) in [5, 5.41) is 3.53. The van der Waals surface area contributed by atoms with Crippen LogP contribution >= 0.6 is 23.2 Å². The van der Waals surface area contributed by atoms with Gasteiger partial charge in [-0.1, -0.05) is 23.2 Å². The molecule has 0 fully saturated rings. The summed E-state index contributed by atoms with van der Waals surface area (Å²) in [5.41, 5.74) is 0.941. The molecule has 0 atom stereocenters. The maximum Gasteiger partial charge on any atom is 0.259 e. The molecule has 2 rings (SSSR count). The first kappa shape index (κ1) is 15.5. The van der Waals surface area contributed by atoms with Gasteiger partial charge in [-0.25, -0.2) is 0 Å². The lowest BCUT2D eigenvalue weighted by Gasteiger charge is -2.11. The van der Waals surface area contributed by atoms with E-state index in [1.54, 1.807) is 43.5 Å². The molecule has 4 nitrogen and oxygen atoms in total. The predicted octanol–water partition coefficient (Wildman–Crippen LogP) is 4.26. The molecule has 0 radical (unpaired) electrons. The van der Waals surface area contributed by atoms with Gasteiger partial charge in [-0.05, 0) is 30.3 Å². The summed E-state index contributed by atoms with van der Waals surface area (Å²) in [5.74, 6) is 0.720. The largest absolute Gasteiger partial charge is 0.497 e. The van der Waals surface area contributed by atoms with Crippen LogP contribution < -0.4 is 14.8 Å². The summed E-state index contributed by atoms with van der Waals surface area (Å²) in [6.45, 7) is 0. The standard InChI is InChI=1S/C15H13Cl2NO3/c1-20-10-4-5-11(14(8-10)21-2)15(19)18-9-3-6-12(16)13(17)7-9/h3-8H,1-2H3,(H,18,19). The monoisotopic (exact) mass is 325 g/mol. The van der Waals surface area contributed by atoms with E-state index in [0.29, 0.717) is 32.8 Å². The Morgan fingerprint density at radius 3 is 2.38 bits per heavy atom. The van der Waals surface area contributed by atoms with E-state index in [1.165, 1.54) is 7.11 Å². The first-order valence-corrected chi connectivity index (χ1v) is 6.79. The molecule has 0 saturated carbocycles. The molecule has 21 heavy (non-hydrogen) atoms. The van der Waals surface area contributed by atoms with Crippen molar-refractivity contribution in [1.82, 2.24) is 0 Å². The smallest absolute Gasteiger partial charge is 0.259 e. The summed E-state index contributed by atoms with van der Waals surface area (Å²) in [7, 11) is 3.04. The number of anilines is 1. The van der Waals surface area contributed by atoms with Gasteiger partial charge in [0, 0.05) is 11.8 Å². The van der Waals surface area contributed by atoms with Crippen LogP contribution in [-0.4, -0.2) is 20.1 Å². The molecule has 1 amide bonds. The highest BCUT2D eigenvalue weighted by atomic mass is 35.5. The van der Waals surface area contributed by atoms with E-state index < -0.39 is 0 Å². The highest BCUT2D eigenvalue weighted by Crippen LogP contribution is 2.28. The summed E-state index contributed by atoms with van der Waals surface area (Å²) < 4.78 is 10.3. The Balaban J connectivity index is 2.25. The van der Waals surface area contributed by atoms with Crippen LogP contribution in [0.25, 0.3) is 0 Å². The molecule has 6 heteroatoms. The van der Waals surface area contributed by atoms with Gasteiger partial charge in [0.15, 0.2) is 0 Å². The second-order valence-corrected chi connectivity index (χ2v) is 4.96. The molecule has 110 valence electrons. The van der Waals surface area contributed by atoms with E-state index >= 15 is 0 Å². The topological polar surface area (TPSA) is 47.6 Å². The van der Waals surface area contributed by atoms with E-state index in [-0.39, 0.29) is 5.91 Å². The quantitative estimate of drug-likeness (QED) is 0.913. The average molecular weight is 326 g/mol. The number of carbonyl (C=O) groups is 1. The van der Waals surface area contributed by atoms with Gasteiger partial charge in [-0.3, -0.25) is 4.79 Å². The fraction of sp³-hybridized carbons (Fsp3) is 0.133. The highest BCUT2D eigenvalue weighted by molar-refractivity contribution is 6.42. The number of carbonyl (C=O) groups excluding carboxylic acids is 1. The minimum Gasteiger partial charge on any atom is -0.497 e. The number of amides is 1. The molecule has 1 N–H and O–H groups in total. The summed E-state index contributed by atoms with van der Waals surface area (Å²) in [4.78, 5) is 12.3. The van der Waals surface area contributed by atoms with E-state index in [0.717, 1.165) is 0 Å². The van der Waals surface area contributed by atoms with E-state index in [4.69, 9.17) is 32.7 Å². The zero-order valence-corrected chi connectivity index (χ0v) is 13.0. The minimum absolute atomic E-state index is 0.312. The lowest BCUT2D eigenvalue weighted by Crippen LogP contribution is -2.13. The van der Waals surface area contributed by atoms with Crippen molar-refractivity contribution in [3.63, 3.8) is 0 Å². The SMILES string of the molecule is COc1ccc(C(=O)Nc2ccc(Cl)c(Cl)c2)c(OC)c1. The Labute approximate surface area is 132 Å². The van der Waals surface area contributed by atoms with Crippen molar-refractivity contribution in [1.29, 1.82) is 0 Å². The number of hydrogen-bond donors (Lipinski definition) is 1. The van der Waals surface area contributed by atoms with Crippen LogP contribution in [0, 0.1) is 0 Å². The molecule has 0 heterocycles. The second-order valence-electron chi connectivity index (χ2n) is 4.15. The number of hydrogen-bond acceptors (Lipinski definition) is 3. The molecule has 0 saturated heterocycles. The first-order valence-electron chi connectivity index (χ1n) is 6.03. The van der Waals surface area contributed by atoms with Crippen LogP contribution in [0.1, 0.15) is 10.4 Å².